The molecule has 0 spiro atoms. The number of hydrogen-bond acceptors (Lipinski definition) is 6. The van der Waals surface area contributed by atoms with E-state index >= 15 is 0 Å². The third-order valence-electron chi connectivity index (χ3n) is 33.2. The molecule has 0 saturated heterocycles. The number of anilines is 9. The van der Waals surface area contributed by atoms with Gasteiger partial charge in [-0.05, 0) is 301 Å². The van der Waals surface area contributed by atoms with Crippen molar-refractivity contribution in [1.82, 2.24) is 0 Å². The summed E-state index contributed by atoms with van der Waals surface area (Å²) < 4.78 is 19.5. The van der Waals surface area contributed by atoms with Crippen LogP contribution in [0, 0.1) is 0 Å². The lowest BCUT2D eigenvalue weighted by molar-refractivity contribution is 0.445. The Morgan fingerprint density at radius 2 is 0.533 bits per heavy atom. The molecule has 728 valence electrons. The molecule has 0 unspecified atom stereocenters. The van der Waals surface area contributed by atoms with Crippen molar-refractivity contribution in [1.29, 1.82) is 0 Å². The Morgan fingerprint density at radius 1 is 0.220 bits per heavy atom. The third kappa shape index (κ3) is 15.6. The molecule has 2 fully saturated rings. The fourth-order valence-corrected chi connectivity index (χ4v) is 26.1. The van der Waals surface area contributed by atoms with Crippen molar-refractivity contribution >= 4 is 214 Å². The minimum Gasteiger partial charge on any atom is -0.455 e. The molecule has 6 heteroatoms. The molecule has 0 N–H and O–H groups in total. The highest BCUT2D eigenvalue weighted by Gasteiger charge is 2.33. The van der Waals surface area contributed by atoms with E-state index in [1.165, 1.54) is 212 Å². The lowest BCUT2D eigenvalue weighted by atomic mass is 9.78. The van der Waals surface area contributed by atoms with Crippen LogP contribution in [0.1, 0.15) is 165 Å². The van der Waals surface area contributed by atoms with Crippen molar-refractivity contribution < 1.29 is 13.3 Å². The Morgan fingerprint density at radius 3 is 0.993 bits per heavy atom. The second kappa shape index (κ2) is 37.2. The first kappa shape index (κ1) is 91.9. The first-order chi connectivity index (χ1) is 73.6. The molecule has 6 nitrogen and oxygen atoms in total. The summed E-state index contributed by atoms with van der Waals surface area (Å²) in [6, 6.07) is 154. The van der Waals surface area contributed by atoms with Crippen molar-refractivity contribution in [3.05, 3.63) is 452 Å². The number of rotatable bonds is 16. The molecule has 24 aromatic carbocycles. The van der Waals surface area contributed by atoms with Crippen molar-refractivity contribution in [2.45, 2.75) is 155 Å². The van der Waals surface area contributed by atoms with Gasteiger partial charge in [0.2, 0.25) is 0 Å². The van der Waals surface area contributed by atoms with E-state index in [0.29, 0.717) is 11.8 Å². The maximum absolute atomic E-state index is 6.55. The molecule has 0 bridgehead atoms. The Labute approximate surface area is 876 Å². The molecule has 0 radical (unpaired) electrons. The van der Waals surface area contributed by atoms with E-state index in [9.17, 15) is 0 Å². The van der Waals surface area contributed by atoms with Crippen molar-refractivity contribution in [2.24, 2.45) is 0 Å². The molecule has 29 rings (SSSR count). The van der Waals surface area contributed by atoms with E-state index in [1.807, 2.05) is 12.1 Å². The number of benzene rings is 24. The van der Waals surface area contributed by atoms with Gasteiger partial charge in [0.15, 0.2) is 0 Å². The lowest BCUT2D eigenvalue weighted by Crippen LogP contribution is -2.16. The van der Waals surface area contributed by atoms with E-state index < -0.39 is 0 Å². The predicted molar refractivity (Wildman–Crippen MR) is 640 cm³/mol. The fraction of sp³-hybridized carbons (Fsp3) is 0.167. The number of aryl methyl sites for hydroxylation is 2. The summed E-state index contributed by atoms with van der Waals surface area (Å²) in [5, 5.41) is 31.4. The topological polar surface area (TPSA) is 49.1 Å². The van der Waals surface area contributed by atoms with Crippen molar-refractivity contribution in [3.8, 4) is 33.4 Å². The molecule has 3 heterocycles. The van der Waals surface area contributed by atoms with Crippen LogP contribution >= 0.6 is 0 Å². The van der Waals surface area contributed by atoms with Gasteiger partial charge in [-0.2, -0.15) is 0 Å². The van der Waals surface area contributed by atoms with E-state index in [2.05, 4.69) is 477 Å². The van der Waals surface area contributed by atoms with Crippen LogP contribution in [-0.4, -0.2) is 0 Å². The van der Waals surface area contributed by atoms with Gasteiger partial charge < -0.3 is 28.0 Å². The van der Waals surface area contributed by atoms with Gasteiger partial charge in [0.05, 0.1) is 17.1 Å². The highest BCUT2D eigenvalue weighted by molar-refractivity contribution is 6.31. The van der Waals surface area contributed by atoms with Crippen LogP contribution in [0.5, 0.6) is 0 Å². The smallest absolute Gasteiger partial charge is 0.143 e. The second-order valence-corrected chi connectivity index (χ2v) is 44.1. The first-order valence-corrected chi connectivity index (χ1v) is 54.4. The highest BCUT2D eigenvalue weighted by Crippen LogP contribution is 2.56. The molecule has 2 aliphatic rings. The molecule has 3 aromatic heterocycles. The lowest BCUT2D eigenvalue weighted by Gasteiger charge is -2.32. The third-order valence-corrected chi connectivity index (χ3v) is 33.2. The predicted octanol–water partition coefficient (Wildman–Crippen LogP) is 42.7. The molecule has 2 aliphatic carbocycles. The number of hydrogen-bond donors (Lipinski definition) is 0. The average molecular weight is 1940 g/mol. The fourth-order valence-electron chi connectivity index (χ4n) is 26.1. The SMILES string of the molecule is CC(C)(C)c1ccc2ccc3c(C(C)(C)C)cc(N(c4ccccc4)c4cccc(-c5cccc6c5oc5ccccc56)c4)c4ccc1c2c43.CCc1ccc2ccc3c(CC)cc(N(c4ccccc4)c4cccc(-c5cccc6c5oc5ccccc56)c4)c4ccc1c2c34.c1ccc(N(c2cccc(-c3cccc4c3oc3ccccc34)c2)c2cc(C3CCCCC3)c3ccc4ccc(C5CCCCC5)c5ccc2c3c45)cc1. The molecular weight excluding hydrogens is 1820 g/mol. The van der Waals surface area contributed by atoms with Gasteiger partial charge in [-0.15, -0.1) is 0 Å². The Balaban J connectivity index is 0.000000111. The maximum Gasteiger partial charge on any atom is 0.143 e. The Bertz CT molecular complexity index is 9860. The summed E-state index contributed by atoms with van der Waals surface area (Å²) >= 11 is 0. The summed E-state index contributed by atoms with van der Waals surface area (Å²) in [7, 11) is 0. The van der Waals surface area contributed by atoms with Crippen molar-refractivity contribution in [3.63, 3.8) is 0 Å². The van der Waals surface area contributed by atoms with Gasteiger partial charge in [-0.3, -0.25) is 0 Å². The van der Waals surface area contributed by atoms with Crippen LogP contribution in [-0.2, 0) is 23.7 Å². The molecule has 0 aliphatic heterocycles. The van der Waals surface area contributed by atoms with Crippen LogP contribution in [0.15, 0.2) is 432 Å². The molecule has 27 aromatic rings. The van der Waals surface area contributed by atoms with Gasteiger partial charge in [0.25, 0.3) is 0 Å². The van der Waals surface area contributed by atoms with Gasteiger partial charge in [0.1, 0.15) is 33.5 Å². The Kier molecular flexibility index (Phi) is 22.8. The number of nitrogens with zero attached hydrogens (tertiary/aromatic N) is 3. The minimum absolute atomic E-state index is 0.0250. The second-order valence-electron chi connectivity index (χ2n) is 44.1. The quantitative estimate of drug-likeness (QED) is 0.0899. The molecular formula is C144H119N3O3. The van der Waals surface area contributed by atoms with E-state index in [4.69, 9.17) is 13.3 Å². The van der Waals surface area contributed by atoms with Gasteiger partial charge >= 0.3 is 0 Å². The van der Waals surface area contributed by atoms with Crippen LogP contribution in [0.2, 0.25) is 0 Å². The van der Waals surface area contributed by atoms with Crippen LogP contribution in [0.25, 0.3) is 196 Å². The van der Waals surface area contributed by atoms with E-state index in [0.717, 1.165) is 140 Å². The summed E-state index contributed by atoms with van der Waals surface area (Å²) in [5.41, 5.74) is 31.2. The zero-order chi connectivity index (χ0) is 101. The molecule has 150 heavy (non-hydrogen) atoms. The highest BCUT2D eigenvalue weighted by atomic mass is 16.3. The zero-order valence-electron chi connectivity index (χ0n) is 86.5. The van der Waals surface area contributed by atoms with Gasteiger partial charge in [-0.1, -0.05) is 403 Å². The molecule has 2 saturated carbocycles. The standard InChI is InChI=1S/C52H45NO.C48H41NO.C44H33NO/c1-4-14-34(15-5-1)40-28-26-36-27-29-44-47(35-16-6-2-7-17-35)33-48(46-31-30-43(40)50(36)51(44)46)53(38-19-8-3-9-20-38)39-21-12-18-37(32-39)41-23-13-24-45-42-22-10-11-25-49(42)54-52(41)45;1-47(2,3)40-27-23-30-22-24-38-41(48(4,5)6)29-42(39-26-25-37(40)44(30)45(38)39)49(32-15-8-7-9-16-32)33-17-12-14-31(28-33)34-19-13-20-36-35-18-10-11-21-43(35)50-46(34)36;1-3-28-20-21-30-22-23-35-29(4-2)27-40(39-25-24-34(28)42(30)43(35)39)45(32-13-6-5-7-14-32)33-15-10-12-31(26-33)36-17-11-18-38-37-16-8-9-19-41(37)46-44(36)38/h3,8-13,18-35H,1-2,4-7,14-17H2;7-29H,1-6H3;5-27H,3-4H2,1-2H3. The van der Waals surface area contributed by atoms with Crippen LogP contribution in [0.4, 0.5) is 51.2 Å². The number of furan rings is 3. The van der Waals surface area contributed by atoms with E-state index in [-0.39, 0.29) is 10.8 Å². The monoisotopic (exact) mass is 1940 g/mol. The first-order valence-electron chi connectivity index (χ1n) is 54.4. The molecule has 0 atom stereocenters. The normalized spacial score (nSPS) is 13.6. The summed E-state index contributed by atoms with van der Waals surface area (Å²) in [6.07, 6.45) is 15.2. The zero-order valence-corrected chi connectivity index (χ0v) is 86.5. The largest absolute Gasteiger partial charge is 0.455 e. The summed E-state index contributed by atoms with van der Waals surface area (Å²) in [5.74, 6) is 1.22. The van der Waals surface area contributed by atoms with Crippen LogP contribution < -0.4 is 14.7 Å². The van der Waals surface area contributed by atoms with Crippen LogP contribution in [0.3, 0.4) is 0 Å². The maximum atomic E-state index is 6.55. The van der Waals surface area contributed by atoms with Crippen molar-refractivity contribution in [2.75, 3.05) is 14.7 Å². The average Bonchev–Trinajstić information content (AvgIpc) is 0.882. The minimum atomic E-state index is -0.0783. The summed E-state index contributed by atoms with van der Waals surface area (Å²) in [6.45, 7) is 18.5. The number of fused-ring (bicyclic) bond motifs is 9. The Hall–Kier alpha value is -16.8. The number of para-hydroxylation sites is 9. The van der Waals surface area contributed by atoms with E-state index in [1.54, 1.807) is 5.56 Å². The summed E-state index contributed by atoms with van der Waals surface area (Å²) in [4.78, 5) is 7.42. The molecule has 0 amide bonds. The van der Waals surface area contributed by atoms with Gasteiger partial charge in [0, 0.05) is 99.3 Å². The van der Waals surface area contributed by atoms with Gasteiger partial charge in [-0.25, -0.2) is 0 Å².